The molecule has 1 aromatic rings. The maximum Gasteiger partial charge on any atom is 0.253 e. The predicted octanol–water partition coefficient (Wildman–Crippen LogP) is 1.71. The Morgan fingerprint density at radius 3 is 2.78 bits per heavy atom. The number of hydrogen-bond donors (Lipinski definition) is 5. The first kappa shape index (κ1) is 18.0. The highest BCUT2D eigenvalue weighted by Crippen LogP contribution is 2.12. The van der Waals surface area contributed by atoms with Gasteiger partial charge in [0.25, 0.3) is 5.91 Å². The van der Waals surface area contributed by atoms with Gasteiger partial charge in [-0.25, -0.2) is 14.9 Å². The summed E-state index contributed by atoms with van der Waals surface area (Å²) in [6.45, 7) is 1.62. The lowest BCUT2D eigenvalue weighted by molar-refractivity contribution is 0.0956. The summed E-state index contributed by atoms with van der Waals surface area (Å²) in [6, 6.07) is 0.858. The quantitative estimate of drug-likeness (QED) is 0.297. The highest BCUT2D eigenvalue weighted by molar-refractivity contribution is 5.94. The Balaban J connectivity index is 2.91. The number of halogens is 1. The van der Waals surface area contributed by atoms with Crippen LogP contribution in [-0.2, 0) is 0 Å². The Labute approximate surface area is 132 Å². The topological polar surface area (TPSA) is 134 Å². The van der Waals surface area contributed by atoms with Crippen LogP contribution in [0.1, 0.15) is 17.3 Å². The molecule has 0 spiro atoms. The number of carbonyl (C=O) groups is 1. The molecule has 0 fully saturated rings. The molecule has 0 unspecified atom stereocenters. The zero-order valence-electron chi connectivity index (χ0n) is 12.6. The van der Waals surface area contributed by atoms with E-state index in [0.717, 1.165) is 18.5 Å². The number of nitrogens with zero attached hydrogens (tertiary/aromatic N) is 2. The van der Waals surface area contributed by atoms with Crippen LogP contribution in [0.3, 0.4) is 0 Å². The van der Waals surface area contributed by atoms with Gasteiger partial charge in [-0.05, 0) is 24.6 Å². The molecule has 1 aromatic heterocycles. The highest BCUT2D eigenvalue weighted by Gasteiger charge is 2.12. The summed E-state index contributed by atoms with van der Waals surface area (Å²) in [5.74, 6) is -2.41. The van der Waals surface area contributed by atoms with Gasteiger partial charge in [0.1, 0.15) is 5.70 Å². The molecule has 0 aromatic carbocycles. The van der Waals surface area contributed by atoms with Crippen LogP contribution in [0.2, 0.25) is 0 Å². The van der Waals surface area contributed by atoms with Gasteiger partial charge in [-0.1, -0.05) is 0 Å². The van der Waals surface area contributed by atoms with Crippen LogP contribution in [0.5, 0.6) is 5.88 Å². The predicted molar refractivity (Wildman–Crippen MR) is 82.0 cm³/mol. The molecule has 0 aliphatic heterocycles. The van der Waals surface area contributed by atoms with E-state index in [-0.39, 0.29) is 17.8 Å². The maximum atomic E-state index is 13.2. The first-order chi connectivity index (χ1) is 10.9. The Hall–Kier alpha value is -3.10. The van der Waals surface area contributed by atoms with Crippen LogP contribution < -0.4 is 10.6 Å². The molecular formula is C14H17FN6O2. The lowest BCUT2D eigenvalue weighted by Gasteiger charge is -2.09. The van der Waals surface area contributed by atoms with E-state index in [0.29, 0.717) is 11.3 Å². The number of rotatable bonds is 7. The molecule has 0 atom stereocenters. The Morgan fingerprint density at radius 2 is 2.26 bits per heavy atom. The third-order valence-corrected chi connectivity index (χ3v) is 2.82. The number of hydrogen-bond acceptors (Lipinski definition) is 7. The van der Waals surface area contributed by atoms with Crippen molar-refractivity contribution in [3.05, 3.63) is 46.7 Å². The van der Waals surface area contributed by atoms with Crippen molar-refractivity contribution in [2.75, 3.05) is 13.6 Å². The summed E-state index contributed by atoms with van der Waals surface area (Å²) >= 11 is 0. The Kier molecular flexibility index (Phi) is 6.53. The lowest BCUT2D eigenvalue weighted by Crippen LogP contribution is -2.27. The van der Waals surface area contributed by atoms with Gasteiger partial charge in [-0.2, -0.15) is 5.11 Å². The van der Waals surface area contributed by atoms with E-state index in [1.54, 1.807) is 20.0 Å². The number of aromatic nitrogens is 1. The molecule has 0 aliphatic rings. The third-order valence-electron chi connectivity index (χ3n) is 2.82. The molecule has 8 nitrogen and oxygen atoms in total. The Morgan fingerprint density at radius 1 is 1.57 bits per heavy atom. The maximum absolute atomic E-state index is 13.2. The summed E-state index contributed by atoms with van der Waals surface area (Å²) < 4.78 is 13.2. The number of pyridine rings is 1. The first-order valence-corrected chi connectivity index (χ1v) is 6.52. The van der Waals surface area contributed by atoms with Crippen molar-refractivity contribution >= 4 is 12.1 Å². The number of aromatic hydroxyl groups is 1. The fraction of sp³-hybridized carbons (Fsp3) is 0.214. The minimum absolute atomic E-state index is 0.0677. The van der Waals surface area contributed by atoms with Crippen molar-refractivity contribution in [2.24, 2.45) is 5.11 Å². The standard InChI is InChI=1S/C14H17FN6O2/c1-8(5-16)3-11(18-2)12(21-17)7-20-13(22)9-4-10(15)14(23)19-6-9/h3-6,16-18H,7H2,1-2H3,(H,19,23)(H,20,22)/b8-3-,12-11-,16-5?,21-17?. The summed E-state index contributed by atoms with van der Waals surface area (Å²) in [5, 5.41) is 24.8. The zero-order chi connectivity index (χ0) is 17.4. The van der Waals surface area contributed by atoms with Crippen molar-refractivity contribution in [1.29, 1.82) is 10.9 Å². The van der Waals surface area contributed by atoms with Gasteiger partial charge in [0.05, 0.1) is 17.8 Å². The second-order valence-corrected chi connectivity index (χ2v) is 4.47. The van der Waals surface area contributed by atoms with Gasteiger partial charge < -0.3 is 21.1 Å². The molecule has 0 radical (unpaired) electrons. The molecule has 1 heterocycles. The molecule has 1 amide bonds. The van der Waals surface area contributed by atoms with Crippen molar-refractivity contribution in [3.63, 3.8) is 0 Å². The van der Waals surface area contributed by atoms with Crippen LogP contribution >= 0.6 is 0 Å². The monoisotopic (exact) mass is 320 g/mol. The van der Waals surface area contributed by atoms with Crippen LogP contribution in [0.15, 0.2) is 40.4 Å². The van der Waals surface area contributed by atoms with E-state index in [9.17, 15) is 9.18 Å². The number of amides is 1. The number of likely N-dealkylation sites (N-methyl/N-ethyl adjacent to an activating group) is 1. The SMILES string of the molecule is CNC(/C=C(/C)C=N)=C(/CNC(=O)c1cnc(O)c(F)c1)N=N. The van der Waals surface area contributed by atoms with E-state index >= 15 is 0 Å². The van der Waals surface area contributed by atoms with Gasteiger partial charge in [-0.15, -0.1) is 0 Å². The van der Waals surface area contributed by atoms with E-state index < -0.39 is 17.6 Å². The average molecular weight is 320 g/mol. The number of carbonyl (C=O) groups excluding carboxylic acids is 1. The minimum Gasteiger partial charge on any atom is -0.491 e. The molecular weight excluding hydrogens is 303 g/mol. The molecule has 1 rings (SSSR count). The fourth-order valence-corrected chi connectivity index (χ4v) is 1.59. The van der Waals surface area contributed by atoms with E-state index in [4.69, 9.17) is 16.0 Å². The smallest absolute Gasteiger partial charge is 0.253 e. The largest absolute Gasteiger partial charge is 0.491 e. The van der Waals surface area contributed by atoms with Crippen molar-refractivity contribution in [3.8, 4) is 5.88 Å². The average Bonchev–Trinajstić information content (AvgIpc) is 2.55. The van der Waals surface area contributed by atoms with Crippen LogP contribution in [0.4, 0.5) is 4.39 Å². The van der Waals surface area contributed by atoms with Gasteiger partial charge in [-0.3, -0.25) is 4.79 Å². The summed E-state index contributed by atoms with van der Waals surface area (Å²) in [7, 11) is 1.62. The molecule has 23 heavy (non-hydrogen) atoms. The van der Waals surface area contributed by atoms with Crippen molar-refractivity contribution < 1.29 is 14.3 Å². The summed E-state index contributed by atoms with van der Waals surface area (Å²) in [5.41, 5.74) is 8.45. The molecule has 0 saturated heterocycles. The van der Waals surface area contributed by atoms with E-state index in [2.05, 4.69) is 20.7 Å². The summed E-state index contributed by atoms with van der Waals surface area (Å²) in [4.78, 5) is 15.3. The third kappa shape index (κ3) is 4.99. The highest BCUT2D eigenvalue weighted by atomic mass is 19.1. The fourth-order valence-electron chi connectivity index (χ4n) is 1.59. The molecule has 0 bridgehead atoms. The normalized spacial score (nSPS) is 12.2. The molecule has 5 N–H and O–H groups in total. The van der Waals surface area contributed by atoms with Crippen molar-refractivity contribution in [2.45, 2.75) is 6.92 Å². The zero-order valence-corrected chi connectivity index (χ0v) is 12.6. The van der Waals surface area contributed by atoms with Crippen molar-refractivity contribution in [1.82, 2.24) is 15.6 Å². The first-order valence-electron chi connectivity index (χ1n) is 6.52. The number of allylic oxidation sites excluding steroid dienone is 2. The Bertz CT molecular complexity index is 684. The molecule has 0 aliphatic carbocycles. The molecule has 0 saturated carbocycles. The minimum atomic E-state index is -1.00. The van der Waals surface area contributed by atoms with Gasteiger partial charge in [0, 0.05) is 19.5 Å². The molecule has 122 valence electrons. The summed E-state index contributed by atoms with van der Waals surface area (Å²) in [6.07, 6.45) is 3.78. The van der Waals surface area contributed by atoms with Gasteiger partial charge >= 0.3 is 0 Å². The van der Waals surface area contributed by atoms with Crippen LogP contribution in [0.25, 0.3) is 0 Å². The lowest BCUT2D eigenvalue weighted by atomic mass is 10.2. The van der Waals surface area contributed by atoms with Gasteiger partial charge in [0.2, 0.25) is 5.88 Å². The van der Waals surface area contributed by atoms with E-state index in [1.807, 2.05) is 0 Å². The van der Waals surface area contributed by atoms with Crippen LogP contribution in [-0.4, -0.2) is 35.8 Å². The van der Waals surface area contributed by atoms with E-state index in [1.165, 1.54) is 0 Å². The van der Waals surface area contributed by atoms with Gasteiger partial charge in [0.15, 0.2) is 5.82 Å². The second-order valence-electron chi connectivity index (χ2n) is 4.47. The second kappa shape index (κ2) is 8.37. The molecule has 9 heteroatoms. The van der Waals surface area contributed by atoms with Crippen LogP contribution in [0, 0.1) is 16.8 Å². The number of nitrogens with one attached hydrogen (secondary N) is 4.